The number of allylic oxidation sites excluding steroid dienone is 4. The van der Waals surface area contributed by atoms with E-state index in [4.69, 9.17) is 28.4 Å². The average Bonchev–Trinajstić information content (AvgIpc) is 3.24. The third-order valence-electron chi connectivity index (χ3n) is 13.3. The Labute approximate surface area is 361 Å². The van der Waals surface area contributed by atoms with Crippen molar-refractivity contribution in [3.8, 4) is 0 Å². The highest BCUT2D eigenvalue weighted by Gasteiger charge is 2.56. The Bertz CT molecular complexity index is 1630. The van der Waals surface area contributed by atoms with Gasteiger partial charge in [-0.15, -0.1) is 0 Å². The molecule has 14 atom stereocenters. The number of cyclic esters (lactones) is 1. The van der Waals surface area contributed by atoms with Crippen LogP contribution in [0.25, 0.3) is 0 Å². The van der Waals surface area contributed by atoms with Crippen LogP contribution in [-0.2, 0) is 52.4 Å². The molecule has 3 N–H and O–H groups in total. The van der Waals surface area contributed by atoms with Gasteiger partial charge in [-0.05, 0) is 100 Å². The molecular formula is C46H71NO14. The maximum Gasteiger partial charge on any atom is 0.330 e. The summed E-state index contributed by atoms with van der Waals surface area (Å²) in [6.07, 6.45) is 4.92. The number of ether oxygens (including phenoxy) is 6. The van der Waals surface area contributed by atoms with Gasteiger partial charge in [0.05, 0.1) is 37.6 Å². The van der Waals surface area contributed by atoms with Crippen LogP contribution in [0.5, 0.6) is 0 Å². The number of carbonyl (C=O) groups excluding carboxylic acids is 5. The first-order valence-electron chi connectivity index (χ1n) is 22.0. The Kier molecular flexibility index (Phi) is 18.9. The molecule has 1 aliphatic carbocycles. The summed E-state index contributed by atoms with van der Waals surface area (Å²) in [5.41, 5.74) is 0.993. The first-order valence-corrected chi connectivity index (χ1v) is 22.0. The quantitative estimate of drug-likeness (QED) is 0.136. The van der Waals surface area contributed by atoms with Crippen molar-refractivity contribution in [2.24, 2.45) is 29.6 Å². The van der Waals surface area contributed by atoms with E-state index in [1.165, 1.54) is 27.4 Å². The van der Waals surface area contributed by atoms with Gasteiger partial charge in [0.15, 0.2) is 5.78 Å². The summed E-state index contributed by atoms with van der Waals surface area (Å²) in [7, 11) is 5.82. The number of carbonyl (C=O) groups is 5. The van der Waals surface area contributed by atoms with Crippen molar-refractivity contribution in [3.05, 3.63) is 35.5 Å². The van der Waals surface area contributed by atoms with Crippen molar-refractivity contribution in [1.29, 1.82) is 0 Å². The number of nitrogens with zero attached hydrogens (tertiary/aromatic N) is 1. The SMILES string of the molecule is COC(=O)C=CCC1=CC(C)C[C@H](C)C[C@H](OC)[C@H]2O[C@@](O)(C(=O)C(=O)N3CCCC[C@H]3C(=O)O[C@H](C(C)=C[C@@H]3CC[C@@H](O)[C@H](OC)C3)[C@H](C)[C@@H](O)CC1=O)[C@H](C)C[C@@H]2OC. The van der Waals surface area contributed by atoms with Gasteiger partial charge in [-0.2, -0.15) is 0 Å². The number of aliphatic hydroxyl groups excluding tert-OH is 2. The van der Waals surface area contributed by atoms with E-state index >= 15 is 0 Å². The number of piperidine rings is 1. The number of rotatable bonds is 8. The highest BCUT2D eigenvalue weighted by atomic mass is 16.7. The molecular weight excluding hydrogens is 790 g/mol. The standard InChI is InChI=1S/C46H71NO14/c1-26-19-27(2)21-38(57-7)42-39(58-8)23-29(4)46(55,61-42)43(52)44(53)47-18-11-10-14-33(47)45(54)60-41(28(3)22-31-16-17-34(48)37(24-31)56-6)30(5)35(49)25-36(50)32(20-26)13-12-15-40(51)59-9/h12,15,20,22,26-27,29-31,33-35,37-39,41-42,48-49,55H,10-11,13-14,16-19,21,23-25H2,1-9H3/t26?,27-,29+,30+,31-,33-,34+,35-,37+,38-,39-,41+,42+,46+/m0/s1. The number of esters is 2. The molecule has 344 valence electrons. The van der Waals surface area contributed by atoms with Crippen molar-refractivity contribution >= 4 is 29.4 Å². The van der Waals surface area contributed by atoms with E-state index in [0.717, 1.165) is 4.90 Å². The molecule has 3 fully saturated rings. The molecule has 3 heterocycles. The summed E-state index contributed by atoms with van der Waals surface area (Å²) < 4.78 is 34.5. The predicted molar refractivity (Wildman–Crippen MR) is 224 cm³/mol. The largest absolute Gasteiger partial charge is 0.466 e. The molecule has 61 heavy (non-hydrogen) atoms. The van der Waals surface area contributed by atoms with Gasteiger partial charge in [0.25, 0.3) is 11.7 Å². The van der Waals surface area contributed by atoms with Gasteiger partial charge in [-0.3, -0.25) is 14.4 Å². The minimum Gasteiger partial charge on any atom is -0.466 e. The van der Waals surface area contributed by atoms with Crippen molar-refractivity contribution < 1.29 is 67.7 Å². The predicted octanol–water partition coefficient (Wildman–Crippen LogP) is 4.18. The zero-order valence-electron chi connectivity index (χ0n) is 37.6. The van der Waals surface area contributed by atoms with E-state index in [2.05, 4.69) is 0 Å². The molecule has 2 saturated heterocycles. The van der Waals surface area contributed by atoms with E-state index < -0.39 is 83.9 Å². The molecule has 0 spiro atoms. The number of fused-ring (bicyclic) bond motifs is 3. The van der Waals surface area contributed by atoms with Crippen LogP contribution in [-0.4, -0.2) is 139 Å². The van der Waals surface area contributed by atoms with Crippen LogP contribution in [0.3, 0.4) is 0 Å². The molecule has 15 nitrogen and oxygen atoms in total. The Morgan fingerprint density at radius 1 is 0.885 bits per heavy atom. The molecule has 1 saturated carbocycles. The Morgan fingerprint density at radius 2 is 1.56 bits per heavy atom. The number of Topliss-reactive ketones (excluding diaryl/α,β-unsaturated/α-hetero) is 2. The number of hydrogen-bond acceptors (Lipinski definition) is 14. The molecule has 3 aliphatic heterocycles. The second kappa shape index (κ2) is 22.9. The van der Waals surface area contributed by atoms with E-state index in [9.17, 15) is 39.3 Å². The minimum absolute atomic E-state index is 0.0387. The van der Waals surface area contributed by atoms with E-state index in [-0.39, 0.29) is 61.9 Å². The van der Waals surface area contributed by atoms with Crippen molar-refractivity contribution in [2.45, 2.75) is 160 Å². The van der Waals surface area contributed by atoms with Crippen LogP contribution >= 0.6 is 0 Å². The minimum atomic E-state index is -2.54. The van der Waals surface area contributed by atoms with Crippen molar-refractivity contribution in [2.75, 3.05) is 35.0 Å². The first kappa shape index (κ1) is 50.3. The number of amides is 1. The monoisotopic (exact) mass is 861 g/mol. The van der Waals surface area contributed by atoms with Gasteiger partial charge in [-0.25, -0.2) is 9.59 Å². The average molecular weight is 862 g/mol. The first-order chi connectivity index (χ1) is 28.9. The Morgan fingerprint density at radius 3 is 2.21 bits per heavy atom. The molecule has 4 rings (SSSR count). The maximum absolute atomic E-state index is 14.4. The van der Waals surface area contributed by atoms with Gasteiger partial charge in [0.2, 0.25) is 5.79 Å². The summed E-state index contributed by atoms with van der Waals surface area (Å²) >= 11 is 0. The fourth-order valence-electron chi connectivity index (χ4n) is 9.64. The van der Waals surface area contributed by atoms with Crippen LogP contribution in [0, 0.1) is 29.6 Å². The smallest absolute Gasteiger partial charge is 0.330 e. The number of methoxy groups -OCH3 is 4. The topological polar surface area (TPSA) is 205 Å². The Balaban J connectivity index is 1.80. The molecule has 0 aromatic rings. The molecule has 0 aromatic heterocycles. The highest BCUT2D eigenvalue weighted by molar-refractivity contribution is 6.39. The lowest BCUT2D eigenvalue weighted by Crippen LogP contribution is -2.64. The second-order valence-electron chi connectivity index (χ2n) is 17.9. The van der Waals surface area contributed by atoms with Gasteiger partial charge in [0.1, 0.15) is 18.2 Å². The second-order valence-corrected chi connectivity index (χ2v) is 17.9. The number of hydrogen-bond donors (Lipinski definition) is 3. The van der Waals surface area contributed by atoms with Gasteiger partial charge in [0, 0.05) is 52.2 Å². The van der Waals surface area contributed by atoms with Crippen LogP contribution in [0.2, 0.25) is 0 Å². The molecule has 2 bridgehead atoms. The van der Waals surface area contributed by atoms with E-state index in [0.29, 0.717) is 56.1 Å². The van der Waals surface area contributed by atoms with E-state index in [1.807, 2.05) is 26.0 Å². The lowest BCUT2D eigenvalue weighted by Gasteiger charge is -2.47. The summed E-state index contributed by atoms with van der Waals surface area (Å²) in [5, 5.41) is 34.3. The van der Waals surface area contributed by atoms with Gasteiger partial charge >= 0.3 is 11.9 Å². The third kappa shape index (κ3) is 12.7. The fourth-order valence-corrected chi connectivity index (χ4v) is 9.64. The van der Waals surface area contributed by atoms with Crippen LogP contribution < -0.4 is 0 Å². The summed E-state index contributed by atoms with van der Waals surface area (Å²) in [4.78, 5) is 70.2. The fraction of sp³-hybridized carbons (Fsp3) is 0.761. The number of ketones is 2. The van der Waals surface area contributed by atoms with Crippen LogP contribution in [0.4, 0.5) is 0 Å². The highest BCUT2D eigenvalue weighted by Crippen LogP contribution is 2.39. The van der Waals surface area contributed by atoms with Crippen LogP contribution in [0.15, 0.2) is 35.5 Å². The van der Waals surface area contributed by atoms with Crippen molar-refractivity contribution in [3.63, 3.8) is 0 Å². The lowest BCUT2D eigenvalue weighted by atomic mass is 9.81. The molecule has 1 amide bonds. The maximum atomic E-state index is 14.4. The molecule has 0 aromatic carbocycles. The van der Waals surface area contributed by atoms with E-state index in [1.54, 1.807) is 34.0 Å². The van der Waals surface area contributed by atoms with Crippen LogP contribution in [0.1, 0.15) is 105 Å². The lowest BCUT2D eigenvalue weighted by molar-refractivity contribution is -0.302. The zero-order valence-corrected chi connectivity index (χ0v) is 37.6. The number of aliphatic hydroxyl groups is 3. The van der Waals surface area contributed by atoms with Gasteiger partial charge in [-0.1, -0.05) is 45.9 Å². The summed E-state index contributed by atoms with van der Waals surface area (Å²) in [6, 6.07) is -1.18. The van der Waals surface area contributed by atoms with Gasteiger partial charge < -0.3 is 48.6 Å². The molecule has 4 aliphatic rings. The third-order valence-corrected chi connectivity index (χ3v) is 13.3. The summed E-state index contributed by atoms with van der Waals surface area (Å²) in [5.74, 6) is -8.45. The Hall–Kier alpha value is -3.31. The van der Waals surface area contributed by atoms with Crippen molar-refractivity contribution in [1.82, 2.24) is 4.90 Å². The zero-order chi connectivity index (χ0) is 45.2. The molecule has 0 radical (unpaired) electrons. The normalized spacial score (nSPS) is 38.3. The molecule has 15 heteroatoms. The molecule has 1 unspecified atom stereocenters. The summed E-state index contributed by atoms with van der Waals surface area (Å²) in [6.45, 7) is 9.12.